The van der Waals surface area contributed by atoms with Crippen LogP contribution >= 0.6 is 0 Å². The topological polar surface area (TPSA) is 25.8 Å². The molecule has 0 radical (unpaired) electrons. The average molecular weight is 214 g/mol. The van der Waals surface area contributed by atoms with Gasteiger partial charge in [-0.3, -0.25) is 9.47 Å². The van der Waals surface area contributed by atoms with Gasteiger partial charge in [0.05, 0.1) is 19.8 Å². The first-order chi connectivity index (χ1) is 7.68. The number of nitrogens with zero attached hydrogens (tertiary/aromatic N) is 3. The van der Waals surface area contributed by atoms with Crippen LogP contribution in [0.5, 0.6) is 0 Å². The molecule has 0 saturated heterocycles. The van der Waals surface area contributed by atoms with Crippen LogP contribution in [0.3, 0.4) is 0 Å². The molecular weight excluding hydrogens is 198 g/mol. The van der Waals surface area contributed by atoms with Gasteiger partial charge in [0, 0.05) is 18.5 Å². The zero-order valence-corrected chi connectivity index (χ0v) is 9.67. The quantitative estimate of drug-likeness (QED) is 0.732. The van der Waals surface area contributed by atoms with Gasteiger partial charge in [0.2, 0.25) is 5.82 Å². The molecule has 82 valence electrons. The fraction of sp³-hybridized carbons (Fsp3) is 0.231. The molecule has 0 atom stereocenters. The van der Waals surface area contributed by atoms with Crippen LogP contribution in [-0.2, 0) is 6.54 Å². The minimum atomic E-state index is 0.706. The van der Waals surface area contributed by atoms with Gasteiger partial charge >= 0.3 is 0 Å². The SMILES string of the molecule is C[N+](C)(Cc1ccccn1)c1ccccn1. The summed E-state index contributed by atoms with van der Waals surface area (Å²) in [6.45, 7) is 0.845. The number of aromatic nitrogens is 2. The second kappa shape index (κ2) is 4.41. The lowest BCUT2D eigenvalue weighted by molar-refractivity contribution is 0.377. The van der Waals surface area contributed by atoms with E-state index in [1.165, 1.54) is 0 Å². The molecule has 2 aromatic rings. The lowest BCUT2D eigenvalue weighted by Crippen LogP contribution is -2.40. The predicted octanol–water partition coefficient (Wildman–Crippen LogP) is 2.24. The number of hydrogen-bond acceptors (Lipinski definition) is 2. The summed E-state index contributed by atoms with van der Waals surface area (Å²) in [5.74, 6) is 1.05. The molecule has 3 heteroatoms. The lowest BCUT2D eigenvalue weighted by atomic mass is 10.3. The second-order valence-electron chi connectivity index (χ2n) is 4.35. The summed E-state index contributed by atoms with van der Waals surface area (Å²) >= 11 is 0. The zero-order valence-electron chi connectivity index (χ0n) is 9.67. The van der Waals surface area contributed by atoms with Crippen LogP contribution in [0.25, 0.3) is 0 Å². The Morgan fingerprint density at radius 2 is 1.62 bits per heavy atom. The predicted molar refractivity (Wildman–Crippen MR) is 65.8 cm³/mol. The lowest BCUT2D eigenvalue weighted by Gasteiger charge is -2.27. The molecule has 2 rings (SSSR count). The summed E-state index contributed by atoms with van der Waals surface area (Å²) in [6.07, 6.45) is 3.65. The van der Waals surface area contributed by atoms with E-state index < -0.39 is 0 Å². The third-order valence-corrected chi connectivity index (χ3v) is 2.55. The van der Waals surface area contributed by atoms with E-state index in [2.05, 4.69) is 24.1 Å². The van der Waals surface area contributed by atoms with Crippen LogP contribution in [0.4, 0.5) is 5.82 Å². The molecule has 0 amide bonds. The maximum absolute atomic E-state index is 4.39. The van der Waals surface area contributed by atoms with E-state index >= 15 is 0 Å². The molecular formula is C13H16N3+. The molecule has 0 aliphatic carbocycles. The molecule has 0 unspecified atom stereocenters. The maximum Gasteiger partial charge on any atom is 0.227 e. The van der Waals surface area contributed by atoms with Crippen molar-refractivity contribution in [2.24, 2.45) is 0 Å². The molecule has 0 aromatic carbocycles. The molecule has 16 heavy (non-hydrogen) atoms. The van der Waals surface area contributed by atoms with Gasteiger partial charge in [-0.1, -0.05) is 12.1 Å². The van der Waals surface area contributed by atoms with Crippen LogP contribution < -0.4 is 4.48 Å². The Morgan fingerprint density at radius 3 is 2.19 bits per heavy atom. The molecule has 0 N–H and O–H groups in total. The first kappa shape index (κ1) is 10.8. The van der Waals surface area contributed by atoms with Gasteiger partial charge in [0.25, 0.3) is 0 Å². The number of hydrogen-bond donors (Lipinski definition) is 0. The Labute approximate surface area is 96.0 Å². The Morgan fingerprint density at radius 1 is 0.938 bits per heavy atom. The smallest absolute Gasteiger partial charge is 0.227 e. The normalized spacial score (nSPS) is 11.4. The zero-order chi connectivity index (χ0) is 11.4. The van der Waals surface area contributed by atoms with E-state index in [1.54, 1.807) is 0 Å². The molecule has 2 aromatic heterocycles. The molecule has 0 aliphatic rings. The summed E-state index contributed by atoms with van der Waals surface area (Å²) in [5.41, 5.74) is 1.08. The monoisotopic (exact) mass is 214 g/mol. The highest BCUT2D eigenvalue weighted by Gasteiger charge is 2.20. The summed E-state index contributed by atoms with van der Waals surface area (Å²) < 4.78 is 0.706. The van der Waals surface area contributed by atoms with Gasteiger partial charge in [0.15, 0.2) is 0 Å². The molecule has 0 bridgehead atoms. The summed E-state index contributed by atoms with van der Waals surface area (Å²) in [4.78, 5) is 8.74. The molecule has 0 fully saturated rings. The third kappa shape index (κ3) is 2.44. The highest BCUT2D eigenvalue weighted by atomic mass is 15.3. The molecule has 0 spiro atoms. The molecule has 0 saturated carbocycles. The van der Waals surface area contributed by atoms with Crippen molar-refractivity contribution in [2.45, 2.75) is 6.54 Å². The van der Waals surface area contributed by atoms with Gasteiger partial charge in [-0.05, 0) is 18.2 Å². The van der Waals surface area contributed by atoms with Crippen molar-refractivity contribution in [3.63, 3.8) is 0 Å². The Balaban J connectivity index is 2.21. The van der Waals surface area contributed by atoms with Gasteiger partial charge in [0.1, 0.15) is 6.54 Å². The largest absolute Gasteiger partial charge is 0.274 e. The fourth-order valence-electron chi connectivity index (χ4n) is 1.69. The van der Waals surface area contributed by atoms with Crippen LogP contribution in [0.2, 0.25) is 0 Å². The molecule has 2 heterocycles. The molecule has 3 nitrogen and oxygen atoms in total. The van der Waals surface area contributed by atoms with Crippen molar-refractivity contribution in [3.05, 3.63) is 54.5 Å². The van der Waals surface area contributed by atoms with Crippen LogP contribution in [-0.4, -0.2) is 24.1 Å². The number of quaternary nitrogens is 1. The maximum atomic E-state index is 4.39. The summed E-state index contributed by atoms with van der Waals surface area (Å²) in [7, 11) is 4.27. The first-order valence-electron chi connectivity index (χ1n) is 5.33. The molecule has 0 aliphatic heterocycles. The van der Waals surface area contributed by atoms with Crippen molar-refractivity contribution < 1.29 is 0 Å². The summed E-state index contributed by atoms with van der Waals surface area (Å²) in [5, 5.41) is 0. The Bertz CT molecular complexity index is 437. The van der Waals surface area contributed by atoms with Crippen molar-refractivity contribution in [2.75, 3.05) is 14.1 Å². The standard InChI is InChI=1S/C13H16N3/c1-16(2,13-8-4-6-10-15-13)11-12-7-3-5-9-14-12/h3-10H,11H2,1-2H3/q+1. The van der Waals surface area contributed by atoms with E-state index in [1.807, 2.05) is 48.8 Å². The fourth-order valence-corrected chi connectivity index (χ4v) is 1.69. The van der Waals surface area contributed by atoms with Crippen LogP contribution in [0.1, 0.15) is 5.69 Å². The van der Waals surface area contributed by atoms with E-state index in [-0.39, 0.29) is 0 Å². The highest BCUT2D eigenvalue weighted by Crippen LogP contribution is 2.17. The minimum Gasteiger partial charge on any atom is -0.274 e. The van der Waals surface area contributed by atoms with Crippen molar-refractivity contribution >= 4 is 5.82 Å². The van der Waals surface area contributed by atoms with Gasteiger partial charge in [-0.25, -0.2) is 4.98 Å². The number of pyridine rings is 2. The Hall–Kier alpha value is -1.74. The highest BCUT2D eigenvalue weighted by molar-refractivity contribution is 5.32. The van der Waals surface area contributed by atoms with E-state index in [4.69, 9.17) is 0 Å². The van der Waals surface area contributed by atoms with E-state index in [9.17, 15) is 0 Å². The van der Waals surface area contributed by atoms with Gasteiger partial charge in [-0.15, -0.1) is 0 Å². The van der Waals surface area contributed by atoms with Gasteiger partial charge < -0.3 is 0 Å². The summed E-state index contributed by atoms with van der Waals surface area (Å²) in [6, 6.07) is 12.0. The first-order valence-corrected chi connectivity index (χ1v) is 5.33. The van der Waals surface area contributed by atoms with E-state index in [0.29, 0.717) is 4.48 Å². The van der Waals surface area contributed by atoms with Gasteiger partial charge in [-0.2, -0.15) is 0 Å². The van der Waals surface area contributed by atoms with Crippen molar-refractivity contribution in [3.8, 4) is 0 Å². The van der Waals surface area contributed by atoms with Crippen molar-refractivity contribution in [1.29, 1.82) is 0 Å². The third-order valence-electron chi connectivity index (χ3n) is 2.55. The second-order valence-corrected chi connectivity index (χ2v) is 4.35. The number of rotatable bonds is 3. The Kier molecular flexibility index (Phi) is 2.97. The van der Waals surface area contributed by atoms with E-state index in [0.717, 1.165) is 18.1 Å². The van der Waals surface area contributed by atoms with Crippen LogP contribution in [0, 0.1) is 0 Å². The van der Waals surface area contributed by atoms with Crippen LogP contribution in [0.15, 0.2) is 48.8 Å². The minimum absolute atomic E-state index is 0.706. The van der Waals surface area contributed by atoms with Crippen molar-refractivity contribution in [1.82, 2.24) is 14.5 Å². The average Bonchev–Trinajstić information content (AvgIpc) is 2.31.